The highest BCUT2D eigenvalue weighted by molar-refractivity contribution is 6.58. The number of benzene rings is 3. The lowest BCUT2D eigenvalue weighted by atomic mass is 9.80. The van der Waals surface area contributed by atoms with Crippen molar-refractivity contribution in [2.45, 2.75) is 0 Å². The molecule has 8 heteroatoms. The molecular formula is C19H15BN3O4-. The first-order valence-corrected chi connectivity index (χ1v) is 8.07. The third-order valence-electron chi connectivity index (χ3n) is 3.71. The van der Waals surface area contributed by atoms with Gasteiger partial charge in [-0.2, -0.15) is 10.2 Å². The second-order valence-corrected chi connectivity index (χ2v) is 5.69. The molecule has 7 nitrogen and oxygen atoms in total. The minimum atomic E-state index is -1.57. The standard InChI is InChI=1S/C19H16BN3O4/c24-18-11-9-17(10-12-18)23-22-16-7-5-15(6-8-16)21-19(25)13-1-3-14(4-2-13)20(26)27/h1-12,24,26-27H,(H,21,25)/p-1. The Bertz CT molecular complexity index is 940. The summed E-state index contributed by atoms with van der Waals surface area (Å²) in [6.07, 6.45) is 0. The average Bonchev–Trinajstić information content (AvgIpc) is 2.68. The lowest BCUT2D eigenvalue weighted by Crippen LogP contribution is -2.29. The summed E-state index contributed by atoms with van der Waals surface area (Å²) < 4.78 is 0. The van der Waals surface area contributed by atoms with Gasteiger partial charge in [0.2, 0.25) is 0 Å². The Morgan fingerprint density at radius 1 is 0.815 bits per heavy atom. The zero-order valence-corrected chi connectivity index (χ0v) is 14.1. The summed E-state index contributed by atoms with van der Waals surface area (Å²) in [6.45, 7) is 0. The quantitative estimate of drug-likeness (QED) is 0.477. The predicted molar refractivity (Wildman–Crippen MR) is 101 cm³/mol. The molecule has 0 fully saturated rings. The van der Waals surface area contributed by atoms with Crippen molar-refractivity contribution in [2.75, 3.05) is 5.32 Å². The van der Waals surface area contributed by atoms with Crippen molar-refractivity contribution in [2.24, 2.45) is 10.2 Å². The third kappa shape index (κ3) is 5.00. The normalized spacial score (nSPS) is 10.7. The van der Waals surface area contributed by atoms with Crippen LogP contribution in [-0.4, -0.2) is 23.1 Å². The van der Waals surface area contributed by atoms with E-state index in [1.54, 1.807) is 36.4 Å². The van der Waals surface area contributed by atoms with Crippen LogP contribution in [-0.2, 0) is 0 Å². The second-order valence-electron chi connectivity index (χ2n) is 5.69. The molecule has 0 radical (unpaired) electrons. The van der Waals surface area contributed by atoms with E-state index in [0.29, 0.717) is 28.1 Å². The number of nitrogens with one attached hydrogen (secondary N) is 1. The van der Waals surface area contributed by atoms with Gasteiger partial charge in [0.05, 0.1) is 11.4 Å². The van der Waals surface area contributed by atoms with Crippen LogP contribution in [0.3, 0.4) is 0 Å². The molecule has 0 aliphatic heterocycles. The number of hydrogen-bond acceptors (Lipinski definition) is 6. The average molecular weight is 360 g/mol. The number of carbonyl (C=O) groups excluding carboxylic acids is 1. The Labute approximate surface area is 155 Å². The van der Waals surface area contributed by atoms with Gasteiger partial charge in [-0.25, -0.2) is 0 Å². The van der Waals surface area contributed by atoms with Crippen molar-refractivity contribution in [3.63, 3.8) is 0 Å². The molecule has 134 valence electrons. The van der Waals surface area contributed by atoms with Gasteiger partial charge in [0.15, 0.2) is 0 Å². The summed E-state index contributed by atoms with van der Waals surface area (Å²) in [5, 5.41) is 40.0. The first kappa shape index (κ1) is 18.3. The summed E-state index contributed by atoms with van der Waals surface area (Å²) in [5.74, 6) is -0.405. The highest BCUT2D eigenvalue weighted by Crippen LogP contribution is 2.21. The highest BCUT2D eigenvalue weighted by Gasteiger charge is 2.12. The fourth-order valence-corrected chi connectivity index (χ4v) is 2.25. The molecule has 0 heterocycles. The van der Waals surface area contributed by atoms with Crippen LogP contribution in [0.4, 0.5) is 17.1 Å². The van der Waals surface area contributed by atoms with E-state index < -0.39 is 7.12 Å². The molecule has 1 amide bonds. The molecule has 3 aromatic rings. The number of nitrogens with zero attached hydrogens (tertiary/aromatic N) is 2. The minimum Gasteiger partial charge on any atom is -0.872 e. The molecule has 0 spiro atoms. The Balaban J connectivity index is 1.63. The lowest BCUT2D eigenvalue weighted by Gasteiger charge is -2.06. The van der Waals surface area contributed by atoms with E-state index in [-0.39, 0.29) is 11.7 Å². The molecule has 3 aromatic carbocycles. The van der Waals surface area contributed by atoms with Gasteiger partial charge < -0.3 is 20.5 Å². The molecule has 0 aromatic heterocycles. The number of amides is 1. The van der Waals surface area contributed by atoms with Gasteiger partial charge >= 0.3 is 7.12 Å². The van der Waals surface area contributed by atoms with Crippen molar-refractivity contribution in [1.82, 2.24) is 0 Å². The summed E-state index contributed by atoms with van der Waals surface area (Å²) in [5.41, 5.74) is 2.46. The van der Waals surface area contributed by atoms with Gasteiger partial charge in [0.1, 0.15) is 0 Å². The maximum absolute atomic E-state index is 12.2. The van der Waals surface area contributed by atoms with E-state index >= 15 is 0 Å². The summed E-state index contributed by atoms with van der Waals surface area (Å²) in [4.78, 5) is 12.2. The lowest BCUT2D eigenvalue weighted by molar-refractivity contribution is -0.268. The van der Waals surface area contributed by atoms with Gasteiger partial charge in [0, 0.05) is 11.3 Å². The van der Waals surface area contributed by atoms with Crippen LogP contribution in [0.1, 0.15) is 10.4 Å². The SMILES string of the molecule is O=C(Nc1ccc(N=Nc2ccc([O-])cc2)cc1)c1ccc(B(O)O)cc1. The van der Waals surface area contributed by atoms with Gasteiger partial charge in [-0.15, -0.1) is 5.75 Å². The van der Waals surface area contributed by atoms with Crippen LogP contribution in [0, 0.1) is 0 Å². The Hall–Kier alpha value is -3.49. The van der Waals surface area contributed by atoms with E-state index in [0.717, 1.165) is 0 Å². The molecule has 0 saturated carbocycles. The largest absolute Gasteiger partial charge is 0.872 e. The van der Waals surface area contributed by atoms with Crippen molar-refractivity contribution in [3.05, 3.63) is 78.4 Å². The Morgan fingerprint density at radius 2 is 1.33 bits per heavy atom. The van der Waals surface area contributed by atoms with Gasteiger partial charge in [-0.05, 0) is 54.0 Å². The van der Waals surface area contributed by atoms with Crippen LogP contribution in [0.2, 0.25) is 0 Å². The molecule has 0 aliphatic carbocycles. The fraction of sp³-hybridized carbons (Fsp3) is 0. The van der Waals surface area contributed by atoms with Crippen molar-refractivity contribution < 1.29 is 19.9 Å². The third-order valence-corrected chi connectivity index (χ3v) is 3.71. The molecule has 0 saturated heterocycles. The molecule has 0 atom stereocenters. The monoisotopic (exact) mass is 360 g/mol. The molecule has 0 aliphatic rings. The molecule has 3 N–H and O–H groups in total. The first-order chi connectivity index (χ1) is 13.0. The van der Waals surface area contributed by atoms with E-state index in [1.807, 2.05) is 0 Å². The van der Waals surface area contributed by atoms with Crippen LogP contribution in [0.25, 0.3) is 0 Å². The molecule has 3 rings (SSSR count). The molecule has 0 unspecified atom stereocenters. The highest BCUT2D eigenvalue weighted by atomic mass is 16.4. The zero-order chi connectivity index (χ0) is 19.2. The number of azo groups is 1. The van der Waals surface area contributed by atoms with Crippen molar-refractivity contribution >= 4 is 35.6 Å². The maximum atomic E-state index is 12.2. The summed E-state index contributed by atoms with van der Waals surface area (Å²) >= 11 is 0. The second kappa shape index (κ2) is 8.26. The Morgan fingerprint density at radius 3 is 1.85 bits per heavy atom. The number of rotatable bonds is 5. The zero-order valence-electron chi connectivity index (χ0n) is 14.1. The van der Waals surface area contributed by atoms with Gasteiger partial charge in [0.25, 0.3) is 5.91 Å². The molecule has 27 heavy (non-hydrogen) atoms. The van der Waals surface area contributed by atoms with Crippen LogP contribution >= 0.6 is 0 Å². The van der Waals surface area contributed by atoms with E-state index in [4.69, 9.17) is 10.0 Å². The van der Waals surface area contributed by atoms with Gasteiger partial charge in [-0.1, -0.05) is 24.3 Å². The van der Waals surface area contributed by atoms with Crippen LogP contribution < -0.4 is 15.9 Å². The first-order valence-electron chi connectivity index (χ1n) is 8.07. The van der Waals surface area contributed by atoms with Crippen molar-refractivity contribution in [3.8, 4) is 5.75 Å². The summed E-state index contributed by atoms with van der Waals surface area (Å²) in [6, 6.07) is 18.8. The topological polar surface area (TPSA) is 117 Å². The number of carbonyl (C=O) groups is 1. The minimum absolute atomic E-state index is 0.0868. The fourth-order valence-electron chi connectivity index (χ4n) is 2.25. The van der Waals surface area contributed by atoms with E-state index in [9.17, 15) is 9.90 Å². The predicted octanol–water partition coefficient (Wildman–Crippen LogP) is 2.11. The van der Waals surface area contributed by atoms with E-state index in [1.165, 1.54) is 36.4 Å². The van der Waals surface area contributed by atoms with E-state index in [2.05, 4.69) is 15.5 Å². The number of anilines is 1. The smallest absolute Gasteiger partial charge is 0.488 e. The number of hydrogen-bond donors (Lipinski definition) is 3. The van der Waals surface area contributed by atoms with Gasteiger partial charge in [-0.3, -0.25) is 4.79 Å². The van der Waals surface area contributed by atoms with Crippen molar-refractivity contribution in [1.29, 1.82) is 0 Å². The molecular weight excluding hydrogens is 345 g/mol. The van der Waals surface area contributed by atoms with Crippen LogP contribution in [0.15, 0.2) is 83.0 Å². The Kier molecular flexibility index (Phi) is 5.60. The summed E-state index contributed by atoms with van der Waals surface area (Å²) in [7, 11) is -1.57. The van der Waals surface area contributed by atoms with Crippen LogP contribution in [0.5, 0.6) is 5.75 Å². The molecule has 0 bridgehead atoms. The maximum Gasteiger partial charge on any atom is 0.488 e.